The molecule has 1 saturated heterocycles. The van der Waals surface area contributed by atoms with Crippen molar-refractivity contribution in [3.05, 3.63) is 39.8 Å². The molecular weight excluding hydrogens is 623 g/mol. The van der Waals surface area contributed by atoms with E-state index in [1.165, 1.54) is 26.7 Å². The summed E-state index contributed by atoms with van der Waals surface area (Å²) in [5.41, 5.74) is 0.361. The fourth-order valence-electron chi connectivity index (χ4n) is 3.12. The number of sulfonamides is 1. The average Bonchev–Trinajstić information content (AvgIpc) is 3.14. The molecule has 1 atom stereocenters. The Hall–Kier alpha value is -0.950. The standard InChI is InChI=1S/C20H24BrClIN2O5S/c1-25-7-6-13(11-25)23-12-30-17-8-14(4-5-16(17)22)24-31(26,27)20-10-19(29-3)18(28-2)9-15(20)21/h4-5,8-10,13,24H,6-7,11-12H2,1-3H3/q-1. The summed E-state index contributed by atoms with van der Waals surface area (Å²) in [5.74, 6) is 1.21. The normalized spacial score (nSPS) is 17.0. The van der Waals surface area contributed by atoms with Gasteiger partial charge in [0.25, 0.3) is 0 Å². The van der Waals surface area contributed by atoms with Crippen molar-refractivity contribution in [3.63, 3.8) is 0 Å². The minimum atomic E-state index is -3.90. The Kier molecular flexibility index (Phi) is 8.58. The zero-order valence-corrected chi connectivity index (χ0v) is 22.6. The monoisotopic (exact) mass is 645 g/mol. The van der Waals surface area contributed by atoms with Crippen molar-refractivity contribution in [2.75, 3.05) is 43.7 Å². The van der Waals surface area contributed by atoms with Gasteiger partial charge < -0.3 is 0 Å². The van der Waals surface area contributed by atoms with Gasteiger partial charge in [-0.2, -0.15) is 0 Å². The number of methoxy groups -OCH3 is 2. The third-order valence-corrected chi connectivity index (χ3v) is 10.3. The van der Waals surface area contributed by atoms with E-state index in [4.69, 9.17) is 25.8 Å². The molecule has 1 heterocycles. The quantitative estimate of drug-likeness (QED) is 0.325. The van der Waals surface area contributed by atoms with Crippen LogP contribution >= 0.6 is 27.5 Å². The second-order valence-corrected chi connectivity index (χ2v) is 13.1. The Bertz CT molecular complexity index is 1040. The number of ether oxygens (including phenoxy) is 3. The summed E-state index contributed by atoms with van der Waals surface area (Å²) in [6, 6.07) is 7.79. The first kappa shape index (κ1) is 24.7. The van der Waals surface area contributed by atoms with Crippen molar-refractivity contribution in [1.82, 2.24) is 4.90 Å². The van der Waals surface area contributed by atoms with Crippen LogP contribution in [-0.4, -0.2) is 56.2 Å². The van der Waals surface area contributed by atoms with Gasteiger partial charge in [-0.15, -0.1) is 0 Å². The van der Waals surface area contributed by atoms with Crippen molar-refractivity contribution >= 4 is 43.2 Å². The van der Waals surface area contributed by atoms with E-state index in [0.717, 1.165) is 13.1 Å². The predicted octanol–water partition coefficient (Wildman–Crippen LogP) is 1.05. The molecule has 7 nitrogen and oxygen atoms in total. The molecular formula is C20H24BrClIN2O5S-. The van der Waals surface area contributed by atoms with Gasteiger partial charge in [-0.05, 0) is 0 Å². The van der Waals surface area contributed by atoms with E-state index in [-0.39, 0.29) is 26.1 Å². The van der Waals surface area contributed by atoms with Crippen molar-refractivity contribution in [2.45, 2.75) is 15.2 Å². The first-order valence-corrected chi connectivity index (χ1v) is 14.8. The first-order valence-electron chi connectivity index (χ1n) is 9.36. The number of likely N-dealkylation sites (tertiary alicyclic amines) is 1. The van der Waals surface area contributed by atoms with Crippen LogP contribution in [-0.2, 0) is 10.0 Å². The zero-order valence-electron chi connectivity index (χ0n) is 17.3. The van der Waals surface area contributed by atoms with Gasteiger partial charge in [0.2, 0.25) is 0 Å². The van der Waals surface area contributed by atoms with E-state index >= 15 is 0 Å². The van der Waals surface area contributed by atoms with Crippen LogP contribution in [0, 0.1) is 0 Å². The first-order chi connectivity index (χ1) is 14.7. The molecule has 2 aromatic rings. The summed E-state index contributed by atoms with van der Waals surface area (Å²) in [6.45, 7) is 2.25. The fourth-order valence-corrected chi connectivity index (χ4v) is 8.07. The summed E-state index contributed by atoms with van der Waals surface area (Å²) in [4.78, 5) is 2.36. The average molecular weight is 647 g/mol. The van der Waals surface area contributed by atoms with Crippen LogP contribution in [0.2, 0.25) is 5.02 Å². The van der Waals surface area contributed by atoms with Crippen LogP contribution < -0.4 is 40.1 Å². The van der Waals surface area contributed by atoms with E-state index in [0.29, 0.717) is 41.0 Å². The molecule has 0 radical (unpaired) electrons. The minimum absolute atomic E-state index is 0.0267. The maximum absolute atomic E-state index is 13.0. The molecule has 1 N–H and O–H groups in total. The van der Waals surface area contributed by atoms with Crippen LogP contribution in [0.3, 0.4) is 0 Å². The van der Waals surface area contributed by atoms with E-state index < -0.39 is 10.0 Å². The number of alkyl halides is 2. The molecule has 1 fully saturated rings. The SMILES string of the molecule is COc1cc(Br)c(S(=O)(=O)Nc2ccc(Cl)c(OC[I-]C3CCN(C)C3)c2)cc1OC. The second kappa shape index (κ2) is 10.8. The van der Waals surface area contributed by atoms with Crippen molar-refractivity contribution in [3.8, 4) is 17.2 Å². The molecule has 3 rings (SSSR count). The van der Waals surface area contributed by atoms with E-state index in [1.807, 2.05) is 0 Å². The molecule has 1 aliphatic heterocycles. The van der Waals surface area contributed by atoms with Crippen molar-refractivity contribution < 1.29 is 43.8 Å². The fraction of sp³-hybridized carbons (Fsp3) is 0.400. The Labute approximate surface area is 206 Å². The van der Waals surface area contributed by atoms with Gasteiger partial charge in [-0.25, -0.2) is 0 Å². The molecule has 0 aromatic heterocycles. The molecule has 0 aliphatic carbocycles. The van der Waals surface area contributed by atoms with Crippen LogP contribution in [0.1, 0.15) is 6.42 Å². The molecule has 0 saturated carbocycles. The molecule has 0 spiro atoms. The summed E-state index contributed by atoms with van der Waals surface area (Å²) in [7, 11) is 1.17. The Morgan fingerprint density at radius 2 is 1.90 bits per heavy atom. The summed E-state index contributed by atoms with van der Waals surface area (Å²) in [6.07, 6.45) is 1.21. The van der Waals surface area contributed by atoms with Gasteiger partial charge in [0.1, 0.15) is 0 Å². The van der Waals surface area contributed by atoms with Crippen molar-refractivity contribution in [1.29, 1.82) is 0 Å². The van der Waals surface area contributed by atoms with Gasteiger partial charge in [0.15, 0.2) is 0 Å². The molecule has 2 aromatic carbocycles. The maximum atomic E-state index is 13.0. The molecule has 31 heavy (non-hydrogen) atoms. The number of hydrogen-bond donors (Lipinski definition) is 1. The van der Waals surface area contributed by atoms with E-state index in [9.17, 15) is 8.42 Å². The Balaban J connectivity index is 1.74. The van der Waals surface area contributed by atoms with Gasteiger partial charge in [0.05, 0.1) is 7.11 Å². The number of rotatable bonds is 9. The van der Waals surface area contributed by atoms with Crippen LogP contribution in [0.15, 0.2) is 39.7 Å². The number of benzene rings is 2. The summed E-state index contributed by atoms with van der Waals surface area (Å²) in [5, 5.41) is 0.447. The summed E-state index contributed by atoms with van der Waals surface area (Å²) < 4.78 is 46.6. The Morgan fingerprint density at radius 3 is 2.55 bits per heavy atom. The van der Waals surface area contributed by atoms with Gasteiger partial charge in [0, 0.05) is 0 Å². The molecule has 0 bridgehead atoms. The van der Waals surface area contributed by atoms with E-state index in [2.05, 4.69) is 32.6 Å². The number of halogens is 3. The van der Waals surface area contributed by atoms with Crippen LogP contribution in [0.5, 0.6) is 17.2 Å². The molecule has 11 heteroatoms. The topological polar surface area (TPSA) is 77.1 Å². The molecule has 1 aliphatic rings. The van der Waals surface area contributed by atoms with Crippen LogP contribution in [0.4, 0.5) is 5.69 Å². The van der Waals surface area contributed by atoms with Gasteiger partial charge in [-0.1, -0.05) is 0 Å². The van der Waals surface area contributed by atoms with Crippen molar-refractivity contribution in [2.24, 2.45) is 0 Å². The van der Waals surface area contributed by atoms with Gasteiger partial charge in [-0.3, -0.25) is 0 Å². The zero-order chi connectivity index (χ0) is 22.6. The molecule has 0 amide bonds. The molecule has 1 unspecified atom stereocenters. The number of nitrogens with one attached hydrogen (secondary N) is 1. The summed E-state index contributed by atoms with van der Waals surface area (Å²) >= 11 is 9.43. The van der Waals surface area contributed by atoms with E-state index in [1.54, 1.807) is 24.3 Å². The number of hydrogen-bond acceptors (Lipinski definition) is 6. The third-order valence-electron chi connectivity index (χ3n) is 4.74. The Morgan fingerprint density at radius 1 is 1.19 bits per heavy atom. The third kappa shape index (κ3) is 6.31. The number of anilines is 1. The second-order valence-electron chi connectivity index (χ2n) is 6.94. The van der Waals surface area contributed by atoms with Gasteiger partial charge >= 0.3 is 201 Å². The number of nitrogens with zero attached hydrogens (tertiary/aromatic N) is 1. The van der Waals surface area contributed by atoms with Crippen LogP contribution in [0.25, 0.3) is 0 Å². The molecule has 172 valence electrons. The predicted molar refractivity (Wildman–Crippen MR) is 121 cm³/mol.